The van der Waals surface area contributed by atoms with Crippen LogP contribution < -0.4 is 10.2 Å². The zero-order chi connectivity index (χ0) is 45.9. The third-order valence-corrected chi connectivity index (χ3v) is 15.8. The first-order valence-electron chi connectivity index (χ1n) is 21.3. The van der Waals surface area contributed by atoms with E-state index in [0.29, 0.717) is 24.5 Å². The maximum absolute atomic E-state index is 12.2. The molecule has 365 valence electrons. The Balaban J connectivity index is -0.000000423. The molecule has 0 aromatic heterocycles. The summed E-state index contributed by atoms with van der Waals surface area (Å²) in [6.45, 7) is 13.2. The molecule has 0 bridgehead atoms. The van der Waals surface area contributed by atoms with Gasteiger partial charge in [-0.1, -0.05) is 11.5 Å². The number of hydrogen-bond acceptors (Lipinski definition) is 14. The van der Waals surface area contributed by atoms with Gasteiger partial charge >= 0.3 is 0 Å². The van der Waals surface area contributed by atoms with Gasteiger partial charge in [0, 0.05) is 185 Å². The molecule has 0 N–H and O–H groups in total. The van der Waals surface area contributed by atoms with Gasteiger partial charge in [-0.15, -0.1) is 0 Å². The van der Waals surface area contributed by atoms with Crippen molar-refractivity contribution in [1.29, 1.82) is 0 Å². The predicted octanol–water partition coefficient (Wildman–Crippen LogP) is 5.12. The van der Waals surface area contributed by atoms with Crippen molar-refractivity contribution in [3.05, 3.63) is 23.7 Å². The predicted molar refractivity (Wildman–Crippen MR) is 251 cm³/mol. The van der Waals surface area contributed by atoms with Gasteiger partial charge in [-0.3, -0.25) is 9.98 Å². The van der Waals surface area contributed by atoms with Crippen molar-refractivity contribution in [2.45, 2.75) is 77.4 Å². The quantitative estimate of drug-likeness (QED) is 0.0350. The first kappa shape index (κ1) is 67.1. The average Bonchev–Trinajstić information content (AvgIpc) is 3.23. The summed E-state index contributed by atoms with van der Waals surface area (Å²) < 4.78 is 51.2. The molecular weight excluding hydrogens is 909 g/mol. The summed E-state index contributed by atoms with van der Waals surface area (Å²) in [6.07, 6.45) is 18.3. The van der Waals surface area contributed by atoms with Crippen LogP contribution in [0.25, 0.3) is 0 Å². The number of hydrogen-bond donors (Lipinski definition) is 0. The van der Waals surface area contributed by atoms with Crippen LogP contribution in [-0.2, 0) is 67.5 Å². The molecule has 0 aromatic carbocycles. The first-order chi connectivity index (χ1) is 28.7. The molecule has 0 aliphatic carbocycles. The number of ether oxygens (including phenoxy) is 10. The summed E-state index contributed by atoms with van der Waals surface area (Å²) in [4.78, 5) is 8.73. The average molecular weight is 1000 g/mol. The third kappa shape index (κ3) is 42.0. The zero-order valence-electron chi connectivity index (χ0n) is 40.9. The molecule has 0 fully saturated rings. The molecule has 0 saturated heterocycles. The molecule has 0 saturated carbocycles. The van der Waals surface area contributed by atoms with Crippen molar-refractivity contribution < 1.29 is 77.7 Å². The van der Waals surface area contributed by atoms with Crippen LogP contribution in [0.1, 0.15) is 66.2 Å². The smallest absolute Gasteiger partial charge is 0.0879 e. The van der Waals surface area contributed by atoms with Crippen LogP contribution in [0.4, 0.5) is 0 Å². The molecule has 0 heterocycles. The van der Waals surface area contributed by atoms with Gasteiger partial charge in [-0.25, -0.2) is 0 Å². The summed E-state index contributed by atoms with van der Waals surface area (Å²) in [6, 6.07) is 0. The van der Waals surface area contributed by atoms with Crippen LogP contribution in [0.2, 0.25) is 0 Å². The number of methoxy groups -OCH3 is 10. The molecule has 14 nitrogen and oxygen atoms in total. The minimum absolute atomic E-state index is 0. The molecular formula is C44H90N2O12P2Tc. The summed E-state index contributed by atoms with van der Waals surface area (Å²) in [5.41, 5.74) is -0.854. The number of aliphatic imine (C=N–C) groups is 2. The Morgan fingerprint density at radius 3 is 0.836 bits per heavy atom. The van der Waals surface area contributed by atoms with E-state index in [1.54, 1.807) is 70.4 Å². The fourth-order valence-electron chi connectivity index (χ4n) is 5.35. The molecule has 1 radical (unpaired) electrons. The van der Waals surface area contributed by atoms with Crippen molar-refractivity contribution in [2.75, 3.05) is 174 Å². The second-order valence-corrected chi connectivity index (χ2v) is 21.1. The monoisotopic (exact) mass is 1000 g/mol. The fourth-order valence-corrected chi connectivity index (χ4v) is 10.7. The van der Waals surface area contributed by atoms with Crippen molar-refractivity contribution >= 4 is 27.3 Å². The molecule has 0 unspecified atom stereocenters. The molecule has 0 aliphatic heterocycles. The molecule has 0 aliphatic rings. The van der Waals surface area contributed by atoms with Crippen molar-refractivity contribution in [1.82, 2.24) is 0 Å². The normalized spacial score (nSPS) is 12.9. The molecule has 17 heteroatoms. The molecule has 61 heavy (non-hydrogen) atoms. The van der Waals surface area contributed by atoms with Crippen LogP contribution in [0.5, 0.6) is 0 Å². The van der Waals surface area contributed by atoms with E-state index in [4.69, 9.17) is 47.4 Å². The SMILES string of the molecule is COCC(/C=C(\[O-])C(C)(C)OC)=NCCN=C(/C=C(\[O-])C(C)(C)OC)COC.COCCC[PH+](CCCOC)CCCOC.COCCC[PH+](CCCOC)CCCOC.[99Tc]. The maximum atomic E-state index is 12.2. The Labute approximate surface area is 388 Å². The molecule has 0 spiro atoms. The Morgan fingerprint density at radius 2 is 0.656 bits per heavy atom. The van der Waals surface area contributed by atoms with E-state index < -0.39 is 11.2 Å². The van der Waals surface area contributed by atoms with Gasteiger partial charge in [-0.05, 0) is 39.8 Å². The summed E-state index contributed by atoms with van der Waals surface area (Å²) >= 11 is 0. The van der Waals surface area contributed by atoms with Crippen molar-refractivity contribution in [2.24, 2.45) is 9.98 Å². The minimum Gasteiger partial charge on any atom is -0.873 e. The van der Waals surface area contributed by atoms with Crippen molar-refractivity contribution in [3.63, 3.8) is 0 Å². The van der Waals surface area contributed by atoms with Crippen LogP contribution in [0, 0.1) is 0 Å². The fraction of sp³-hybridized carbons (Fsp3) is 0.864. The number of nitrogens with zero attached hydrogens (tertiary/aromatic N) is 2. The number of rotatable bonds is 37. The van der Waals surface area contributed by atoms with Crippen LogP contribution in [0.15, 0.2) is 33.7 Å². The van der Waals surface area contributed by atoms with Gasteiger partial charge in [0.25, 0.3) is 0 Å². The molecule has 0 atom stereocenters. The summed E-state index contributed by atoms with van der Waals surface area (Å²) in [5, 5.41) is 24.5. The second-order valence-electron chi connectivity index (χ2n) is 15.1. The Hall–Kier alpha value is -0.471. The largest absolute Gasteiger partial charge is 0.873 e. The van der Waals surface area contributed by atoms with Gasteiger partial charge < -0.3 is 57.6 Å². The standard InChI is InChI=1S/C20H36N2O6.2C12H27O3P.Tc/c1-19(2,27-7)17(23)11-15(13-25-5)21-9-10-22-16(14-26-6)12-18(24)20(3,4)28-8;2*1-13-7-4-10-16(11-5-8-14-2)12-6-9-15-3;/h11-12,23-24H,9-10,13-14H2,1-8H3;2*4-12H2,1-3H3;/b17-11-,18-12-,21-15?,22-16?;;;/i;;;1+1. The topological polar surface area (TPSA) is 163 Å². The van der Waals surface area contributed by atoms with Crippen LogP contribution in [-0.4, -0.2) is 197 Å². The van der Waals surface area contributed by atoms with E-state index >= 15 is 0 Å². The Kier molecular flexibility index (Phi) is 52.3. The third-order valence-electron chi connectivity index (χ3n) is 9.39. The second kappa shape index (κ2) is 47.5. The van der Waals surface area contributed by atoms with E-state index in [2.05, 4.69) is 9.98 Å². The first-order valence-corrected chi connectivity index (χ1v) is 25.5. The van der Waals surface area contributed by atoms with Crippen LogP contribution >= 0.6 is 15.8 Å². The Morgan fingerprint density at radius 1 is 0.426 bits per heavy atom. The minimum atomic E-state index is -0.929. The van der Waals surface area contributed by atoms with E-state index in [9.17, 15) is 10.2 Å². The van der Waals surface area contributed by atoms with E-state index in [1.807, 2.05) is 0 Å². The molecule has 0 aromatic rings. The zero-order valence-corrected chi connectivity index (χ0v) is 44.7. The van der Waals surface area contributed by atoms with E-state index in [-0.39, 0.29) is 60.7 Å². The van der Waals surface area contributed by atoms with Gasteiger partial charge in [0.05, 0.1) is 85.9 Å². The van der Waals surface area contributed by atoms with Gasteiger partial charge in [-0.2, -0.15) is 0 Å². The van der Waals surface area contributed by atoms with Gasteiger partial charge in [0.2, 0.25) is 0 Å². The Bertz CT molecular complexity index is 956. The van der Waals surface area contributed by atoms with E-state index in [0.717, 1.165) is 39.6 Å². The molecule has 0 rings (SSSR count). The van der Waals surface area contributed by atoms with Gasteiger partial charge in [0.15, 0.2) is 0 Å². The summed E-state index contributed by atoms with van der Waals surface area (Å²) in [5.74, 6) is -0.398. The maximum Gasteiger partial charge on any atom is 0.0879 e. The molecule has 0 amide bonds. The van der Waals surface area contributed by atoms with E-state index in [1.165, 1.54) is 116 Å². The van der Waals surface area contributed by atoms with Crippen LogP contribution in [0.3, 0.4) is 0 Å². The van der Waals surface area contributed by atoms with Gasteiger partial charge in [0.1, 0.15) is 0 Å². The van der Waals surface area contributed by atoms with Crippen molar-refractivity contribution in [3.8, 4) is 0 Å². The summed E-state index contributed by atoms with van der Waals surface area (Å²) in [7, 11) is 16.3.